The van der Waals surface area contributed by atoms with E-state index in [0.29, 0.717) is 12.6 Å². The summed E-state index contributed by atoms with van der Waals surface area (Å²) in [6.45, 7) is 3.72. The van der Waals surface area contributed by atoms with E-state index in [-0.39, 0.29) is 0 Å². The molecule has 4 N–H and O–H groups in total. The molecule has 0 radical (unpaired) electrons. The highest BCUT2D eigenvalue weighted by atomic mass is 16.2. The van der Waals surface area contributed by atoms with Gasteiger partial charge in [-0.1, -0.05) is 26.2 Å². The van der Waals surface area contributed by atoms with E-state index in [1.807, 2.05) is 0 Å². The maximum atomic E-state index is 10.4. The van der Waals surface area contributed by atoms with Gasteiger partial charge in [0.1, 0.15) is 0 Å². The van der Waals surface area contributed by atoms with Crippen molar-refractivity contribution in [2.75, 3.05) is 13.1 Å². The van der Waals surface area contributed by atoms with Crippen molar-refractivity contribution in [3.63, 3.8) is 0 Å². The van der Waals surface area contributed by atoms with Crippen LogP contribution in [0.25, 0.3) is 0 Å². The van der Waals surface area contributed by atoms with Gasteiger partial charge in [-0.2, -0.15) is 0 Å². The van der Waals surface area contributed by atoms with Crippen molar-refractivity contribution in [3.8, 4) is 0 Å². The molecule has 1 aliphatic carbocycles. The monoisotopic (exact) mass is 213 g/mol. The van der Waals surface area contributed by atoms with Gasteiger partial charge in [0, 0.05) is 19.1 Å². The summed E-state index contributed by atoms with van der Waals surface area (Å²) in [5.74, 6) is 0.889. The first-order valence-corrected chi connectivity index (χ1v) is 5.99. The van der Waals surface area contributed by atoms with Crippen LogP contribution in [-0.2, 0) is 0 Å². The number of rotatable bonds is 5. The minimum Gasteiger partial charge on any atom is -0.352 e. The lowest BCUT2D eigenvalue weighted by Crippen LogP contribution is -2.40. The molecular weight excluding hydrogens is 190 g/mol. The highest BCUT2D eigenvalue weighted by molar-refractivity contribution is 5.71. The van der Waals surface area contributed by atoms with Crippen molar-refractivity contribution in [2.24, 2.45) is 11.7 Å². The number of primary amides is 1. The van der Waals surface area contributed by atoms with Crippen LogP contribution in [0.2, 0.25) is 0 Å². The second-order valence-electron chi connectivity index (χ2n) is 4.38. The molecule has 4 nitrogen and oxygen atoms in total. The maximum Gasteiger partial charge on any atom is 0.312 e. The summed E-state index contributed by atoms with van der Waals surface area (Å²) >= 11 is 0. The van der Waals surface area contributed by atoms with Gasteiger partial charge in [-0.3, -0.25) is 0 Å². The fourth-order valence-corrected chi connectivity index (χ4v) is 2.31. The third-order valence-electron chi connectivity index (χ3n) is 3.22. The molecule has 1 aliphatic rings. The molecule has 0 bridgehead atoms. The van der Waals surface area contributed by atoms with Crippen molar-refractivity contribution in [2.45, 2.75) is 45.1 Å². The molecule has 1 fully saturated rings. The summed E-state index contributed by atoms with van der Waals surface area (Å²) in [6, 6.07) is 0.199. The van der Waals surface area contributed by atoms with Crippen molar-refractivity contribution in [3.05, 3.63) is 0 Å². The molecule has 2 unspecified atom stereocenters. The van der Waals surface area contributed by atoms with Gasteiger partial charge in [0.05, 0.1) is 0 Å². The van der Waals surface area contributed by atoms with E-state index in [9.17, 15) is 4.79 Å². The van der Waals surface area contributed by atoms with Crippen molar-refractivity contribution >= 4 is 6.03 Å². The highest BCUT2D eigenvalue weighted by Crippen LogP contribution is 2.26. The van der Waals surface area contributed by atoms with Crippen molar-refractivity contribution in [1.29, 1.82) is 0 Å². The predicted octanol–water partition coefficient (Wildman–Crippen LogP) is 1.21. The number of amides is 2. The second kappa shape index (κ2) is 6.67. The van der Waals surface area contributed by atoms with Crippen LogP contribution < -0.4 is 16.4 Å². The van der Waals surface area contributed by atoms with Crippen LogP contribution >= 0.6 is 0 Å². The zero-order valence-corrected chi connectivity index (χ0v) is 9.59. The molecule has 2 atom stereocenters. The summed E-state index contributed by atoms with van der Waals surface area (Å²) in [4.78, 5) is 10.4. The number of carbonyl (C=O) groups excluding carboxylic acids is 1. The quantitative estimate of drug-likeness (QED) is 0.601. The highest BCUT2D eigenvalue weighted by Gasteiger charge is 2.19. The van der Waals surface area contributed by atoms with Gasteiger partial charge >= 0.3 is 6.03 Å². The predicted molar refractivity (Wildman–Crippen MR) is 61.6 cm³/mol. The summed E-state index contributed by atoms with van der Waals surface area (Å²) in [5.41, 5.74) is 4.98. The Morgan fingerprint density at radius 3 is 2.87 bits per heavy atom. The Hall–Kier alpha value is -0.770. The maximum absolute atomic E-state index is 10.4. The molecule has 0 aromatic carbocycles. The molecule has 2 amide bonds. The molecule has 0 aromatic rings. The van der Waals surface area contributed by atoms with E-state index in [4.69, 9.17) is 5.73 Å². The molecule has 0 aliphatic heterocycles. The fourth-order valence-electron chi connectivity index (χ4n) is 2.31. The first kappa shape index (κ1) is 12.3. The lowest BCUT2D eigenvalue weighted by Gasteiger charge is -2.29. The van der Waals surface area contributed by atoms with Gasteiger partial charge in [-0.15, -0.1) is 0 Å². The molecule has 1 rings (SSSR count). The van der Waals surface area contributed by atoms with E-state index < -0.39 is 6.03 Å². The van der Waals surface area contributed by atoms with Crippen LogP contribution in [0.1, 0.15) is 39.0 Å². The second-order valence-corrected chi connectivity index (χ2v) is 4.38. The number of nitrogens with one attached hydrogen (secondary N) is 2. The first-order chi connectivity index (χ1) is 7.22. The average Bonchev–Trinajstić information content (AvgIpc) is 2.24. The van der Waals surface area contributed by atoms with E-state index in [1.165, 1.54) is 32.1 Å². The number of urea groups is 1. The minimum absolute atomic E-state index is 0.438. The first-order valence-electron chi connectivity index (χ1n) is 5.99. The summed E-state index contributed by atoms with van der Waals surface area (Å²) in [7, 11) is 0. The molecule has 1 saturated carbocycles. The molecule has 4 heteroatoms. The third kappa shape index (κ3) is 5.02. The molecule has 0 spiro atoms. The van der Waals surface area contributed by atoms with Gasteiger partial charge in [-0.25, -0.2) is 4.79 Å². The Morgan fingerprint density at radius 2 is 2.20 bits per heavy atom. The van der Waals surface area contributed by atoms with Crippen LogP contribution in [0.3, 0.4) is 0 Å². The van der Waals surface area contributed by atoms with Gasteiger partial charge in [0.25, 0.3) is 0 Å². The number of nitrogens with two attached hydrogens (primary N) is 1. The van der Waals surface area contributed by atoms with Gasteiger partial charge in [0.15, 0.2) is 0 Å². The normalized spacial score (nSPS) is 26.2. The summed E-state index contributed by atoms with van der Waals surface area (Å²) < 4.78 is 0. The van der Waals surface area contributed by atoms with E-state index in [0.717, 1.165) is 12.5 Å². The molecule has 88 valence electrons. The fraction of sp³-hybridized carbons (Fsp3) is 0.909. The number of carbonyl (C=O) groups is 1. The summed E-state index contributed by atoms with van der Waals surface area (Å²) in [5, 5.41) is 6.06. The SMILES string of the molecule is CCC1CCCC(NCCNC(N)=O)C1. The van der Waals surface area contributed by atoms with Crippen LogP contribution in [0.15, 0.2) is 0 Å². The van der Waals surface area contributed by atoms with Crippen LogP contribution in [-0.4, -0.2) is 25.2 Å². The smallest absolute Gasteiger partial charge is 0.312 e. The van der Waals surface area contributed by atoms with Crippen molar-refractivity contribution < 1.29 is 4.79 Å². The van der Waals surface area contributed by atoms with Crippen molar-refractivity contribution in [1.82, 2.24) is 10.6 Å². The molecule has 0 heterocycles. The summed E-state index contributed by atoms with van der Waals surface area (Å²) in [6.07, 6.45) is 6.56. The lowest BCUT2D eigenvalue weighted by atomic mass is 9.84. The number of hydrogen-bond donors (Lipinski definition) is 3. The molecule has 15 heavy (non-hydrogen) atoms. The van der Waals surface area contributed by atoms with Crippen LogP contribution in [0, 0.1) is 5.92 Å². The van der Waals surface area contributed by atoms with Gasteiger partial charge in [0.2, 0.25) is 0 Å². The Labute approximate surface area is 92.0 Å². The zero-order valence-electron chi connectivity index (χ0n) is 9.59. The van der Waals surface area contributed by atoms with Gasteiger partial charge < -0.3 is 16.4 Å². The average molecular weight is 213 g/mol. The minimum atomic E-state index is -0.438. The Kier molecular flexibility index (Phi) is 5.47. The third-order valence-corrected chi connectivity index (χ3v) is 3.22. The van der Waals surface area contributed by atoms with Crippen LogP contribution in [0.4, 0.5) is 4.79 Å². The zero-order chi connectivity index (χ0) is 11.1. The molecule has 0 aromatic heterocycles. The Balaban J connectivity index is 2.07. The number of hydrogen-bond acceptors (Lipinski definition) is 2. The largest absolute Gasteiger partial charge is 0.352 e. The van der Waals surface area contributed by atoms with E-state index in [1.54, 1.807) is 0 Å². The Morgan fingerprint density at radius 1 is 1.40 bits per heavy atom. The Bertz CT molecular complexity index is 196. The lowest BCUT2D eigenvalue weighted by molar-refractivity contribution is 0.247. The van der Waals surface area contributed by atoms with Gasteiger partial charge in [-0.05, 0) is 18.8 Å². The molecular formula is C11H23N3O. The standard InChI is InChI=1S/C11H23N3O/c1-2-9-4-3-5-10(8-9)13-6-7-14-11(12)15/h9-10,13H,2-8H2,1H3,(H3,12,14,15). The molecule has 0 saturated heterocycles. The van der Waals surface area contributed by atoms with Crippen LogP contribution in [0.5, 0.6) is 0 Å². The van der Waals surface area contributed by atoms with E-state index >= 15 is 0 Å². The topological polar surface area (TPSA) is 67.2 Å². The van der Waals surface area contributed by atoms with E-state index in [2.05, 4.69) is 17.6 Å².